The van der Waals surface area contributed by atoms with Crippen LogP contribution in [-0.2, 0) is 10.2 Å². The first-order chi connectivity index (χ1) is 9.54. The molecule has 1 saturated carbocycles. The Bertz CT molecular complexity index is 481. The molecule has 3 heteroatoms. The first kappa shape index (κ1) is 14.6. The lowest BCUT2D eigenvalue weighted by molar-refractivity contribution is -0.145. The number of carboxylic acids is 1. The van der Waals surface area contributed by atoms with Crippen molar-refractivity contribution in [1.82, 2.24) is 0 Å². The van der Waals surface area contributed by atoms with Crippen molar-refractivity contribution in [3.05, 3.63) is 42.0 Å². The van der Waals surface area contributed by atoms with Crippen LogP contribution in [0.25, 0.3) is 0 Å². The summed E-state index contributed by atoms with van der Waals surface area (Å²) >= 11 is 0. The molecular formula is C17H22O3. The van der Waals surface area contributed by atoms with Crippen molar-refractivity contribution >= 4 is 5.97 Å². The van der Waals surface area contributed by atoms with Crippen LogP contribution in [0.3, 0.4) is 0 Å². The van der Waals surface area contributed by atoms with Gasteiger partial charge in [0.1, 0.15) is 12.4 Å². The van der Waals surface area contributed by atoms with Crippen LogP contribution >= 0.6 is 0 Å². The van der Waals surface area contributed by atoms with Crippen LogP contribution in [0, 0.1) is 0 Å². The van der Waals surface area contributed by atoms with Gasteiger partial charge in [-0.1, -0.05) is 38.0 Å². The molecule has 0 bridgehead atoms. The number of carboxylic acid groups (broad SMARTS) is 1. The van der Waals surface area contributed by atoms with E-state index >= 15 is 0 Å². The molecule has 0 spiro atoms. The van der Waals surface area contributed by atoms with E-state index in [2.05, 4.69) is 6.58 Å². The SMILES string of the molecule is C=C(C)COc1ccc(C2(C(=O)O)CCCCC2)cc1. The number of hydrogen-bond donors (Lipinski definition) is 1. The lowest BCUT2D eigenvalue weighted by Gasteiger charge is -2.33. The largest absolute Gasteiger partial charge is 0.489 e. The highest BCUT2D eigenvalue weighted by Gasteiger charge is 2.41. The van der Waals surface area contributed by atoms with Gasteiger partial charge < -0.3 is 9.84 Å². The van der Waals surface area contributed by atoms with Crippen molar-refractivity contribution < 1.29 is 14.6 Å². The molecule has 1 aliphatic rings. The average Bonchev–Trinajstić information content (AvgIpc) is 2.46. The van der Waals surface area contributed by atoms with E-state index in [1.54, 1.807) is 0 Å². The number of ether oxygens (including phenoxy) is 1. The molecule has 1 aromatic rings. The van der Waals surface area contributed by atoms with Crippen LogP contribution < -0.4 is 4.74 Å². The molecule has 3 nitrogen and oxygen atoms in total. The van der Waals surface area contributed by atoms with Gasteiger partial charge in [0, 0.05) is 0 Å². The molecule has 0 aromatic heterocycles. The number of benzene rings is 1. The van der Waals surface area contributed by atoms with Crippen LogP contribution in [-0.4, -0.2) is 17.7 Å². The molecule has 1 aromatic carbocycles. The molecule has 1 aliphatic carbocycles. The summed E-state index contributed by atoms with van der Waals surface area (Å²) in [6.45, 7) is 6.19. The zero-order valence-electron chi connectivity index (χ0n) is 12.0. The van der Waals surface area contributed by atoms with Gasteiger partial charge in [0.2, 0.25) is 0 Å². The smallest absolute Gasteiger partial charge is 0.314 e. The summed E-state index contributed by atoms with van der Waals surface area (Å²) in [5.41, 5.74) is 1.15. The summed E-state index contributed by atoms with van der Waals surface area (Å²) in [4.78, 5) is 11.7. The highest BCUT2D eigenvalue weighted by Crippen LogP contribution is 2.40. The van der Waals surface area contributed by atoms with E-state index in [0.717, 1.165) is 49.0 Å². The summed E-state index contributed by atoms with van der Waals surface area (Å²) in [6.07, 6.45) is 4.57. The standard InChI is InChI=1S/C17H22O3/c1-13(2)12-20-15-8-6-14(7-9-15)17(16(18)19)10-4-3-5-11-17/h6-9H,1,3-5,10-12H2,2H3,(H,18,19). The zero-order chi connectivity index (χ0) is 14.6. The minimum absolute atomic E-state index is 0.490. The third-order valence-corrected chi connectivity index (χ3v) is 4.01. The van der Waals surface area contributed by atoms with Crippen molar-refractivity contribution in [2.75, 3.05) is 6.61 Å². The lowest BCUT2D eigenvalue weighted by Crippen LogP contribution is -2.37. The Hall–Kier alpha value is -1.77. The Balaban J connectivity index is 2.18. The molecule has 1 fully saturated rings. The van der Waals surface area contributed by atoms with Crippen molar-refractivity contribution in [2.45, 2.75) is 44.4 Å². The van der Waals surface area contributed by atoms with Crippen molar-refractivity contribution in [3.8, 4) is 5.75 Å². The number of hydrogen-bond acceptors (Lipinski definition) is 2. The van der Waals surface area contributed by atoms with Crippen LogP contribution in [0.4, 0.5) is 0 Å². The van der Waals surface area contributed by atoms with E-state index < -0.39 is 11.4 Å². The topological polar surface area (TPSA) is 46.5 Å². The maximum atomic E-state index is 11.7. The van der Waals surface area contributed by atoms with Gasteiger partial charge in [0.15, 0.2) is 0 Å². The van der Waals surface area contributed by atoms with Gasteiger partial charge in [-0.2, -0.15) is 0 Å². The third-order valence-electron chi connectivity index (χ3n) is 4.01. The molecule has 0 aliphatic heterocycles. The van der Waals surface area contributed by atoms with Crippen molar-refractivity contribution in [1.29, 1.82) is 0 Å². The normalized spacial score (nSPS) is 17.4. The Labute approximate surface area is 120 Å². The van der Waals surface area contributed by atoms with E-state index in [0.29, 0.717) is 6.61 Å². The predicted molar refractivity (Wildman–Crippen MR) is 79.1 cm³/mol. The van der Waals surface area contributed by atoms with E-state index in [1.165, 1.54) is 0 Å². The fourth-order valence-corrected chi connectivity index (χ4v) is 2.86. The highest BCUT2D eigenvalue weighted by atomic mass is 16.5. The second-order valence-electron chi connectivity index (χ2n) is 5.72. The van der Waals surface area contributed by atoms with Gasteiger partial charge in [-0.05, 0) is 43.0 Å². The second-order valence-corrected chi connectivity index (χ2v) is 5.72. The van der Waals surface area contributed by atoms with Gasteiger partial charge in [0.25, 0.3) is 0 Å². The summed E-state index contributed by atoms with van der Waals surface area (Å²) < 4.78 is 5.56. The van der Waals surface area contributed by atoms with Gasteiger partial charge >= 0.3 is 5.97 Å². The molecule has 1 N–H and O–H groups in total. The van der Waals surface area contributed by atoms with Gasteiger partial charge in [-0.25, -0.2) is 0 Å². The molecular weight excluding hydrogens is 252 g/mol. The van der Waals surface area contributed by atoms with Crippen molar-refractivity contribution in [2.24, 2.45) is 0 Å². The van der Waals surface area contributed by atoms with Gasteiger partial charge in [0.05, 0.1) is 5.41 Å². The summed E-state index contributed by atoms with van der Waals surface area (Å²) in [7, 11) is 0. The van der Waals surface area contributed by atoms with Crippen molar-refractivity contribution in [3.63, 3.8) is 0 Å². The van der Waals surface area contributed by atoms with Gasteiger partial charge in [-0.3, -0.25) is 4.79 Å². The van der Waals surface area contributed by atoms with Crippen LogP contribution in [0.2, 0.25) is 0 Å². The fraction of sp³-hybridized carbons (Fsp3) is 0.471. The minimum atomic E-state index is -0.703. The predicted octanol–water partition coefficient (Wildman–Crippen LogP) is 3.93. The number of carbonyl (C=O) groups is 1. The first-order valence-electron chi connectivity index (χ1n) is 7.16. The summed E-state index contributed by atoms with van der Waals surface area (Å²) in [5, 5.41) is 9.64. The Kier molecular flexibility index (Phi) is 4.48. The van der Waals surface area contributed by atoms with Gasteiger partial charge in [-0.15, -0.1) is 0 Å². The quantitative estimate of drug-likeness (QED) is 0.828. The molecule has 0 atom stereocenters. The molecule has 2 rings (SSSR count). The molecule has 0 heterocycles. The molecule has 20 heavy (non-hydrogen) atoms. The second kappa shape index (κ2) is 6.12. The first-order valence-corrected chi connectivity index (χ1v) is 7.16. The van der Waals surface area contributed by atoms with E-state index in [1.807, 2.05) is 31.2 Å². The Morgan fingerprint density at radius 1 is 1.25 bits per heavy atom. The minimum Gasteiger partial charge on any atom is -0.489 e. The van der Waals surface area contributed by atoms with Crippen LogP contribution in [0.15, 0.2) is 36.4 Å². The summed E-state index contributed by atoms with van der Waals surface area (Å²) in [5.74, 6) is 0.0564. The lowest BCUT2D eigenvalue weighted by atomic mass is 9.69. The average molecular weight is 274 g/mol. The van der Waals surface area contributed by atoms with E-state index in [9.17, 15) is 9.90 Å². The summed E-state index contributed by atoms with van der Waals surface area (Å²) in [6, 6.07) is 7.51. The zero-order valence-corrected chi connectivity index (χ0v) is 12.0. The highest BCUT2D eigenvalue weighted by molar-refractivity contribution is 5.81. The molecule has 108 valence electrons. The molecule has 0 saturated heterocycles. The van der Waals surface area contributed by atoms with E-state index in [-0.39, 0.29) is 0 Å². The van der Waals surface area contributed by atoms with E-state index in [4.69, 9.17) is 4.74 Å². The van der Waals surface area contributed by atoms with Crippen LogP contribution in [0.1, 0.15) is 44.6 Å². The third kappa shape index (κ3) is 3.03. The van der Waals surface area contributed by atoms with Crippen LogP contribution in [0.5, 0.6) is 5.75 Å². The number of rotatable bonds is 5. The fourth-order valence-electron chi connectivity index (χ4n) is 2.86. The Morgan fingerprint density at radius 2 is 1.85 bits per heavy atom. The monoisotopic (exact) mass is 274 g/mol. The molecule has 0 unspecified atom stereocenters. The maximum Gasteiger partial charge on any atom is 0.314 e. The molecule has 0 radical (unpaired) electrons. The Morgan fingerprint density at radius 3 is 2.35 bits per heavy atom. The maximum absolute atomic E-state index is 11.7. The molecule has 0 amide bonds. The number of aliphatic carboxylic acids is 1.